The molecule has 7 heteroatoms. The van der Waals surface area contributed by atoms with Gasteiger partial charge in [-0.1, -0.05) is 66.7 Å². The molecule has 5 aromatic heterocycles. The lowest BCUT2D eigenvalue weighted by Gasteiger charge is -2.09. The van der Waals surface area contributed by atoms with Crippen molar-refractivity contribution in [2.45, 2.75) is 6.92 Å². The molecule has 0 saturated heterocycles. The van der Waals surface area contributed by atoms with E-state index in [0.29, 0.717) is 0 Å². The molecule has 52 heavy (non-hydrogen) atoms. The van der Waals surface area contributed by atoms with Gasteiger partial charge in [-0.05, 0) is 97.4 Å². The van der Waals surface area contributed by atoms with E-state index < -0.39 is 0 Å². The van der Waals surface area contributed by atoms with Crippen LogP contribution in [-0.4, -0.2) is 27.9 Å². The summed E-state index contributed by atoms with van der Waals surface area (Å²) in [4.78, 5) is 10.6. The molecular formula is C45H28N6O. The first-order chi connectivity index (χ1) is 25.7. The second kappa shape index (κ2) is 9.99. The minimum Gasteiger partial charge on any atom is -0.456 e. The lowest BCUT2D eigenvalue weighted by Crippen LogP contribution is -2.01. The van der Waals surface area contributed by atoms with E-state index in [1.807, 2.05) is 12.1 Å². The highest BCUT2D eigenvalue weighted by Gasteiger charge is 2.20. The molecule has 0 fully saturated rings. The number of para-hydroxylation sites is 7. The SMILES string of the molecule is Cc1cccc2c1c1ccccc1n2-c1ccc2oc3ccc(-n4c5nc6ccccc6n5c5ccccc5n5c6ccccc6nc45)cc3c2c1. The number of furan rings is 1. The zero-order valence-corrected chi connectivity index (χ0v) is 28.0. The van der Waals surface area contributed by atoms with Crippen LogP contribution in [-0.2, 0) is 0 Å². The van der Waals surface area contributed by atoms with Crippen LogP contribution in [0.2, 0.25) is 0 Å². The van der Waals surface area contributed by atoms with Gasteiger partial charge in [-0.15, -0.1) is 0 Å². The van der Waals surface area contributed by atoms with Crippen molar-refractivity contribution < 1.29 is 4.42 Å². The van der Waals surface area contributed by atoms with E-state index in [9.17, 15) is 0 Å². The molecule has 0 aliphatic heterocycles. The summed E-state index contributed by atoms with van der Waals surface area (Å²) < 4.78 is 15.6. The maximum Gasteiger partial charge on any atom is 0.223 e. The first kappa shape index (κ1) is 27.7. The molecular weight excluding hydrogens is 641 g/mol. The number of rotatable bonds is 2. The molecule has 0 unspecified atom stereocenters. The largest absolute Gasteiger partial charge is 0.456 e. The molecule has 0 aliphatic carbocycles. The summed E-state index contributed by atoms with van der Waals surface area (Å²) in [7, 11) is 0. The minimum absolute atomic E-state index is 0.774. The number of aryl methyl sites for hydroxylation is 1. The highest BCUT2D eigenvalue weighted by molar-refractivity contribution is 6.12. The van der Waals surface area contributed by atoms with Gasteiger partial charge in [0.05, 0.1) is 49.8 Å². The molecule has 0 saturated carbocycles. The van der Waals surface area contributed by atoms with Crippen LogP contribution in [0, 0.1) is 6.92 Å². The molecule has 12 aromatic rings. The molecule has 7 nitrogen and oxygen atoms in total. The van der Waals surface area contributed by atoms with Crippen molar-refractivity contribution >= 4 is 88.4 Å². The van der Waals surface area contributed by atoms with E-state index in [4.69, 9.17) is 14.4 Å². The van der Waals surface area contributed by atoms with Crippen molar-refractivity contribution in [2.24, 2.45) is 0 Å². The van der Waals surface area contributed by atoms with Crippen molar-refractivity contribution in [2.75, 3.05) is 0 Å². The lowest BCUT2D eigenvalue weighted by molar-refractivity contribution is 0.669. The van der Waals surface area contributed by atoms with Crippen LogP contribution in [0.3, 0.4) is 0 Å². The summed E-state index contributed by atoms with van der Waals surface area (Å²) in [5.74, 6) is 1.55. The minimum atomic E-state index is 0.774. The number of benzene rings is 7. The second-order valence-corrected chi connectivity index (χ2v) is 13.6. The third-order valence-corrected chi connectivity index (χ3v) is 10.7. The molecule has 0 N–H and O–H groups in total. The predicted molar refractivity (Wildman–Crippen MR) is 211 cm³/mol. The fourth-order valence-electron chi connectivity index (χ4n) is 8.47. The summed E-state index contributed by atoms with van der Waals surface area (Å²) in [6.07, 6.45) is 0. The lowest BCUT2D eigenvalue weighted by atomic mass is 10.1. The highest BCUT2D eigenvalue weighted by Crippen LogP contribution is 2.38. The van der Waals surface area contributed by atoms with Gasteiger partial charge < -0.3 is 8.98 Å². The normalized spacial score (nSPS) is 12.3. The van der Waals surface area contributed by atoms with Crippen molar-refractivity contribution in [3.63, 3.8) is 0 Å². The van der Waals surface area contributed by atoms with E-state index in [2.05, 4.69) is 164 Å². The molecule has 244 valence electrons. The molecule has 0 bridgehead atoms. The van der Waals surface area contributed by atoms with Crippen molar-refractivity contribution in [1.29, 1.82) is 0 Å². The van der Waals surface area contributed by atoms with Gasteiger partial charge >= 0.3 is 0 Å². The predicted octanol–water partition coefficient (Wildman–Crippen LogP) is 11.1. The first-order valence-corrected chi connectivity index (χ1v) is 17.5. The fourth-order valence-corrected chi connectivity index (χ4v) is 8.47. The summed E-state index contributed by atoms with van der Waals surface area (Å²) in [5, 5.41) is 4.61. The van der Waals surface area contributed by atoms with Gasteiger partial charge in [0.1, 0.15) is 11.2 Å². The van der Waals surface area contributed by atoms with Gasteiger partial charge in [0.25, 0.3) is 0 Å². The highest BCUT2D eigenvalue weighted by atomic mass is 16.3. The molecule has 0 amide bonds. The van der Waals surface area contributed by atoms with Gasteiger partial charge in [0.15, 0.2) is 0 Å². The summed E-state index contributed by atoms with van der Waals surface area (Å²) in [6.45, 7) is 2.19. The van der Waals surface area contributed by atoms with E-state index in [1.54, 1.807) is 0 Å². The van der Waals surface area contributed by atoms with Crippen LogP contribution in [0.4, 0.5) is 0 Å². The van der Waals surface area contributed by atoms with Gasteiger partial charge in [0, 0.05) is 27.2 Å². The Balaban J connectivity index is 1.20. The summed E-state index contributed by atoms with van der Waals surface area (Å²) in [5.41, 5.74) is 13.3. The second-order valence-electron chi connectivity index (χ2n) is 13.6. The third-order valence-electron chi connectivity index (χ3n) is 10.7. The topological polar surface area (TPSA) is 57.6 Å². The summed E-state index contributed by atoms with van der Waals surface area (Å²) >= 11 is 0. The standard InChI is InChI=1S/C45H28N6O/c1-27-11-10-20-40-43(27)30-12-2-5-15-35(30)48(40)28-21-23-41-31(25-28)32-26-29(22-24-42(32)52-41)49-44-46-33-13-3-6-16-36(33)50(44)38-18-8-9-19-39(38)51-37-17-7-4-14-34(37)47-45(49)51/h2-26H,1H3. The maximum absolute atomic E-state index is 6.50. The molecule has 12 rings (SSSR count). The van der Waals surface area contributed by atoms with Gasteiger partial charge in [-0.2, -0.15) is 0 Å². The smallest absolute Gasteiger partial charge is 0.223 e. The van der Waals surface area contributed by atoms with E-state index in [1.165, 1.54) is 27.4 Å². The number of fused-ring (bicyclic) bond motifs is 15. The van der Waals surface area contributed by atoms with Crippen molar-refractivity contribution in [3.8, 4) is 11.4 Å². The third kappa shape index (κ3) is 3.58. The fraction of sp³-hybridized carbons (Fsp3) is 0.0222. The van der Waals surface area contributed by atoms with Crippen LogP contribution < -0.4 is 0 Å². The van der Waals surface area contributed by atoms with Crippen LogP contribution in [0.1, 0.15) is 5.56 Å². The van der Waals surface area contributed by atoms with Crippen LogP contribution in [0.15, 0.2) is 156 Å². The monoisotopic (exact) mass is 668 g/mol. The van der Waals surface area contributed by atoms with Gasteiger partial charge in [-0.25, -0.2) is 14.5 Å². The Morgan fingerprint density at radius 2 is 0.923 bits per heavy atom. The Bertz CT molecular complexity index is 3380. The average molecular weight is 669 g/mol. The molecule has 0 spiro atoms. The Labute approximate surface area is 295 Å². The Morgan fingerprint density at radius 3 is 1.54 bits per heavy atom. The molecule has 5 heterocycles. The number of hydrogen-bond donors (Lipinski definition) is 0. The zero-order chi connectivity index (χ0) is 34.1. The van der Waals surface area contributed by atoms with E-state index in [0.717, 1.165) is 78.0 Å². The van der Waals surface area contributed by atoms with Gasteiger partial charge in [-0.3, -0.25) is 8.80 Å². The van der Waals surface area contributed by atoms with Gasteiger partial charge in [0.2, 0.25) is 11.6 Å². The van der Waals surface area contributed by atoms with E-state index in [-0.39, 0.29) is 0 Å². The summed E-state index contributed by atoms with van der Waals surface area (Å²) in [6, 6.07) is 53.3. The maximum atomic E-state index is 6.50. The molecule has 0 aliphatic rings. The van der Waals surface area contributed by atoms with Crippen LogP contribution >= 0.6 is 0 Å². The zero-order valence-electron chi connectivity index (χ0n) is 28.0. The Hall–Kier alpha value is -7.12. The van der Waals surface area contributed by atoms with E-state index >= 15 is 0 Å². The Morgan fingerprint density at radius 1 is 0.423 bits per heavy atom. The van der Waals surface area contributed by atoms with Crippen molar-refractivity contribution in [1.82, 2.24) is 27.9 Å². The number of hydrogen-bond acceptors (Lipinski definition) is 3. The van der Waals surface area contributed by atoms with Crippen LogP contribution in [0.5, 0.6) is 0 Å². The van der Waals surface area contributed by atoms with Crippen LogP contribution in [0.25, 0.3) is 99.8 Å². The Kier molecular flexibility index (Phi) is 5.32. The molecule has 0 radical (unpaired) electrons. The number of aromatic nitrogens is 6. The van der Waals surface area contributed by atoms with Crippen molar-refractivity contribution in [3.05, 3.63) is 157 Å². The molecule has 7 aromatic carbocycles. The first-order valence-electron chi connectivity index (χ1n) is 17.5. The molecule has 0 atom stereocenters. The average Bonchev–Trinajstić information content (AvgIpc) is 3.92. The number of imidazole rings is 2. The quantitative estimate of drug-likeness (QED) is 0.184. The number of nitrogens with zero attached hydrogens (tertiary/aromatic N) is 6.